The maximum atomic E-state index is 12.4. The van der Waals surface area contributed by atoms with Gasteiger partial charge in [0.15, 0.2) is 6.29 Å². The molecule has 2 aliphatic heterocycles. The van der Waals surface area contributed by atoms with E-state index in [9.17, 15) is 30.3 Å². The first-order chi connectivity index (χ1) is 18.0. The molecule has 0 aromatic carbocycles. The Balaban J connectivity index is 1.19. The summed E-state index contributed by atoms with van der Waals surface area (Å²) in [5.41, 5.74) is -0.401. The third-order valence-electron chi connectivity index (χ3n) is 12.1. The van der Waals surface area contributed by atoms with Gasteiger partial charge in [-0.3, -0.25) is 0 Å². The Morgan fingerprint density at radius 3 is 2.50 bits per heavy atom. The van der Waals surface area contributed by atoms with E-state index in [1.165, 1.54) is 0 Å². The molecule has 6 aliphatic rings. The lowest BCUT2D eigenvalue weighted by Crippen LogP contribution is -2.64. The molecule has 0 aromatic heterocycles. The number of esters is 1. The number of fused-ring (bicyclic) bond motifs is 5. The molecule has 214 valence electrons. The molecular weight excluding hydrogens is 492 g/mol. The van der Waals surface area contributed by atoms with E-state index < -0.39 is 36.3 Å². The molecule has 4 saturated carbocycles. The smallest absolute Gasteiger partial charge is 0.331 e. The van der Waals surface area contributed by atoms with Crippen molar-refractivity contribution in [3.05, 3.63) is 11.6 Å². The number of rotatable bonds is 4. The topological polar surface area (TPSA) is 146 Å². The van der Waals surface area contributed by atoms with Crippen LogP contribution in [0.4, 0.5) is 0 Å². The molecule has 38 heavy (non-hydrogen) atoms. The molecule has 1 saturated heterocycles. The quantitative estimate of drug-likeness (QED) is 0.266. The Morgan fingerprint density at radius 2 is 1.79 bits per heavy atom. The van der Waals surface area contributed by atoms with Crippen LogP contribution in [0.2, 0.25) is 0 Å². The Hall–Kier alpha value is -1.07. The number of hydrogen-bond acceptors (Lipinski definition) is 9. The second-order valence-corrected chi connectivity index (χ2v) is 13.4. The summed E-state index contributed by atoms with van der Waals surface area (Å²) in [7, 11) is 0. The van der Waals surface area contributed by atoms with Crippen molar-refractivity contribution in [1.29, 1.82) is 0 Å². The summed E-state index contributed by atoms with van der Waals surface area (Å²) in [6.45, 7) is 4.27. The average Bonchev–Trinajstić information content (AvgIpc) is 3.45. The van der Waals surface area contributed by atoms with Crippen molar-refractivity contribution in [1.82, 2.24) is 0 Å². The molecule has 0 aromatic rings. The van der Waals surface area contributed by atoms with Crippen LogP contribution in [0, 0.1) is 34.5 Å². The molecule has 0 unspecified atom stereocenters. The molecule has 0 amide bonds. The molecular formula is C29H44O9. The fourth-order valence-corrected chi connectivity index (χ4v) is 9.91. The number of cyclic esters (lactones) is 1. The van der Waals surface area contributed by atoms with E-state index >= 15 is 0 Å². The van der Waals surface area contributed by atoms with E-state index in [4.69, 9.17) is 14.2 Å². The molecule has 9 heteroatoms. The summed E-state index contributed by atoms with van der Waals surface area (Å²) in [6.07, 6.45) is 3.35. The van der Waals surface area contributed by atoms with Gasteiger partial charge in [-0.1, -0.05) is 6.92 Å². The highest BCUT2D eigenvalue weighted by atomic mass is 16.7. The second kappa shape index (κ2) is 9.50. The normalized spacial score (nSPS) is 54.5. The monoisotopic (exact) mass is 536 g/mol. The predicted molar refractivity (Wildman–Crippen MR) is 134 cm³/mol. The van der Waals surface area contributed by atoms with Crippen molar-refractivity contribution in [2.24, 2.45) is 34.5 Å². The van der Waals surface area contributed by atoms with Gasteiger partial charge in [0.25, 0.3) is 0 Å². The summed E-state index contributed by atoms with van der Waals surface area (Å²) in [4.78, 5) is 11.8. The van der Waals surface area contributed by atoms with E-state index in [1.807, 2.05) is 0 Å². The third kappa shape index (κ3) is 3.80. The Morgan fingerprint density at radius 1 is 1.00 bits per heavy atom. The first-order valence-electron chi connectivity index (χ1n) is 14.6. The van der Waals surface area contributed by atoms with Crippen molar-refractivity contribution >= 4 is 5.97 Å². The summed E-state index contributed by atoms with van der Waals surface area (Å²) in [6, 6.07) is 0. The van der Waals surface area contributed by atoms with E-state index in [-0.39, 0.29) is 53.2 Å². The van der Waals surface area contributed by atoms with E-state index in [2.05, 4.69) is 6.92 Å². The lowest BCUT2D eigenvalue weighted by atomic mass is 9.43. The molecule has 2 heterocycles. The molecule has 6 rings (SSSR count). The fraction of sp³-hybridized carbons (Fsp3) is 0.897. The zero-order chi connectivity index (χ0) is 27.0. The van der Waals surface area contributed by atoms with Gasteiger partial charge in [-0.25, -0.2) is 4.79 Å². The number of hydrogen-bond donors (Lipinski definition) is 5. The van der Waals surface area contributed by atoms with Crippen molar-refractivity contribution in [2.45, 2.75) is 114 Å². The first-order valence-corrected chi connectivity index (χ1v) is 14.6. The summed E-state index contributed by atoms with van der Waals surface area (Å²) in [5, 5.41) is 53.9. The summed E-state index contributed by atoms with van der Waals surface area (Å²) in [5.74, 6) is 0.414. The van der Waals surface area contributed by atoms with E-state index in [0.717, 1.165) is 50.5 Å². The number of ether oxygens (including phenoxy) is 3. The van der Waals surface area contributed by atoms with Crippen LogP contribution in [-0.4, -0.2) is 87.1 Å². The molecule has 0 radical (unpaired) electrons. The lowest BCUT2D eigenvalue weighted by Gasteiger charge is -2.64. The maximum absolute atomic E-state index is 12.4. The minimum Gasteiger partial charge on any atom is -0.458 e. The van der Waals surface area contributed by atoms with Crippen molar-refractivity contribution in [2.75, 3.05) is 13.2 Å². The van der Waals surface area contributed by atoms with Crippen molar-refractivity contribution in [3.63, 3.8) is 0 Å². The summed E-state index contributed by atoms with van der Waals surface area (Å²) >= 11 is 0. The lowest BCUT2D eigenvalue weighted by molar-refractivity contribution is -0.311. The highest BCUT2D eigenvalue weighted by Crippen LogP contribution is 2.70. The van der Waals surface area contributed by atoms with Crippen LogP contribution in [0.15, 0.2) is 11.6 Å². The molecule has 9 nitrogen and oxygen atoms in total. The highest BCUT2D eigenvalue weighted by Gasteiger charge is 2.68. The zero-order valence-electron chi connectivity index (χ0n) is 22.5. The molecule has 13 atom stereocenters. The number of aliphatic hydroxyl groups is 5. The second-order valence-electron chi connectivity index (χ2n) is 13.4. The van der Waals surface area contributed by atoms with Gasteiger partial charge < -0.3 is 39.7 Å². The van der Waals surface area contributed by atoms with Gasteiger partial charge in [-0.15, -0.1) is 0 Å². The van der Waals surface area contributed by atoms with Crippen LogP contribution in [-0.2, 0) is 19.0 Å². The predicted octanol–water partition coefficient (Wildman–Crippen LogP) is 1.43. The Kier molecular flexibility index (Phi) is 6.78. The largest absolute Gasteiger partial charge is 0.458 e. The fourth-order valence-electron chi connectivity index (χ4n) is 9.91. The number of carbonyl (C=O) groups is 1. The van der Waals surface area contributed by atoms with Gasteiger partial charge >= 0.3 is 5.97 Å². The Labute approximate surface area is 224 Å². The van der Waals surface area contributed by atoms with Gasteiger partial charge in [0.1, 0.15) is 24.9 Å². The molecule has 5 fully saturated rings. The van der Waals surface area contributed by atoms with Gasteiger partial charge in [0.2, 0.25) is 0 Å². The van der Waals surface area contributed by atoms with Crippen LogP contribution in [0.1, 0.15) is 71.6 Å². The first kappa shape index (κ1) is 27.1. The average molecular weight is 537 g/mol. The van der Waals surface area contributed by atoms with Crippen molar-refractivity contribution < 1.29 is 44.5 Å². The zero-order valence-corrected chi connectivity index (χ0v) is 22.5. The molecule has 0 bridgehead atoms. The minimum atomic E-state index is -1.32. The maximum Gasteiger partial charge on any atom is 0.331 e. The standard InChI is InChI=1S/C29H44O9/c1-15-23(32)24(33)25(34)26(37-15)38-18-5-9-28(14-30)17(12-18)3-4-21-20(28)6-8-27(2)19(7-10-29(21,27)35)16-11-22(31)36-13-16/h11,15,17-21,23-26,30,32-35H,3-10,12-14H2,1-2H3/t15-,17-,18+,19-,20+,21-,23+,24+,25+,26+,27-,28-,29+/m1/s1. The van der Waals surface area contributed by atoms with Crippen LogP contribution in [0.5, 0.6) is 0 Å². The minimum absolute atomic E-state index is 0.0831. The van der Waals surface area contributed by atoms with E-state index in [1.54, 1.807) is 13.0 Å². The number of carbonyl (C=O) groups excluding carboxylic acids is 1. The van der Waals surface area contributed by atoms with Crippen LogP contribution in [0.3, 0.4) is 0 Å². The van der Waals surface area contributed by atoms with Gasteiger partial charge in [-0.05, 0) is 99.4 Å². The third-order valence-corrected chi connectivity index (χ3v) is 12.1. The van der Waals surface area contributed by atoms with Crippen LogP contribution >= 0.6 is 0 Å². The van der Waals surface area contributed by atoms with Crippen LogP contribution < -0.4 is 0 Å². The molecule has 0 spiro atoms. The van der Waals surface area contributed by atoms with Crippen molar-refractivity contribution in [3.8, 4) is 0 Å². The SMILES string of the molecule is C[C@H]1O[C@@H](O[C@H]2CC[C@@]3(CO)[C@H](CC[C@@H]4[C@@H]3CC[C@]3(C)[C@@H](C5=CC(=O)OC5)CC[C@]43O)C2)[C@@H](O)[C@@H](O)[C@H]1O. The molecule has 4 aliphatic carbocycles. The molecule has 5 N–H and O–H groups in total. The van der Waals surface area contributed by atoms with Gasteiger partial charge in [0, 0.05) is 18.1 Å². The summed E-state index contributed by atoms with van der Waals surface area (Å²) < 4.78 is 17.1. The van der Waals surface area contributed by atoms with Gasteiger partial charge in [-0.2, -0.15) is 0 Å². The van der Waals surface area contributed by atoms with Gasteiger partial charge in [0.05, 0.1) is 17.8 Å². The van der Waals surface area contributed by atoms with E-state index in [0.29, 0.717) is 19.4 Å². The number of aliphatic hydroxyl groups excluding tert-OH is 4. The Bertz CT molecular complexity index is 970. The van der Waals surface area contributed by atoms with Crippen LogP contribution in [0.25, 0.3) is 0 Å². The highest BCUT2D eigenvalue weighted by molar-refractivity contribution is 5.85.